The number of aryl methyl sites for hydroxylation is 2. The molecular formula is C32H44Cl2O2Si2Zr. The van der Waals surface area contributed by atoms with Crippen molar-refractivity contribution >= 4 is 38.2 Å². The maximum Gasteiger partial charge on any atom is 4.00 e. The molecule has 4 rings (SSSR count). The molecule has 0 saturated heterocycles. The van der Waals surface area contributed by atoms with Crippen LogP contribution in [-0.4, -0.2) is 16.6 Å². The van der Waals surface area contributed by atoms with Crippen molar-refractivity contribution in [2.24, 2.45) is 0 Å². The zero-order valence-electron chi connectivity index (χ0n) is 25.3. The summed E-state index contributed by atoms with van der Waals surface area (Å²) in [7, 11) is -3.92. The summed E-state index contributed by atoms with van der Waals surface area (Å²) in [6, 6.07) is 22.0. The van der Waals surface area contributed by atoms with Gasteiger partial charge in [-0.05, 0) is 36.3 Å². The van der Waals surface area contributed by atoms with Crippen molar-refractivity contribution in [1.82, 2.24) is 0 Å². The second-order valence-electron chi connectivity index (χ2n) is 13.4. The average molecular weight is 679 g/mol. The normalized spacial score (nSPS) is 12.5. The topological polar surface area (TPSA) is 18.5 Å². The van der Waals surface area contributed by atoms with Crippen LogP contribution in [0.5, 0.6) is 11.5 Å². The monoisotopic (exact) mass is 676 g/mol. The third-order valence-corrected chi connectivity index (χ3v) is 17.4. The number of rotatable bonds is 7. The standard InChI is InChI=1S/C32H44O2Si2.2ClH.Zr/c1-31(2,3)35(7,8)33-29-21-23-15-11-13-17-25(23)27(29)19-20-28-26-18-14-12-16-24(26)22-30(28)34-36(9,10)32(4,5)6;;;/h11-18,21-22H,19-20H2,1-10H3;2*1H;/q-2;;;+4/p-2. The van der Waals surface area contributed by atoms with Crippen molar-refractivity contribution in [3.05, 3.63) is 71.8 Å². The minimum absolute atomic E-state index is 0. The maximum atomic E-state index is 6.91. The predicted octanol–water partition coefficient (Wildman–Crippen LogP) is 3.99. The smallest absolute Gasteiger partial charge is 1.00 e. The Balaban J connectivity index is 0.00000253. The first kappa shape index (κ1) is 36.2. The summed E-state index contributed by atoms with van der Waals surface area (Å²) in [5, 5.41) is 5.47. The molecule has 0 amide bonds. The molecule has 0 spiro atoms. The summed E-state index contributed by atoms with van der Waals surface area (Å²) in [4.78, 5) is 0. The summed E-state index contributed by atoms with van der Waals surface area (Å²) < 4.78 is 13.8. The van der Waals surface area contributed by atoms with Crippen LogP contribution in [0.2, 0.25) is 36.3 Å². The van der Waals surface area contributed by atoms with Crippen LogP contribution in [0.15, 0.2) is 60.7 Å². The number of hydrogen-bond acceptors (Lipinski definition) is 2. The van der Waals surface area contributed by atoms with Gasteiger partial charge in [0.05, 0.1) is 0 Å². The van der Waals surface area contributed by atoms with E-state index in [1.54, 1.807) is 0 Å². The number of halogens is 2. The quantitative estimate of drug-likeness (QED) is 0.218. The van der Waals surface area contributed by atoms with Crippen molar-refractivity contribution in [3.8, 4) is 11.5 Å². The van der Waals surface area contributed by atoms with Crippen LogP contribution in [0.25, 0.3) is 21.5 Å². The van der Waals surface area contributed by atoms with Crippen LogP contribution in [0.3, 0.4) is 0 Å². The molecule has 0 aliphatic rings. The minimum Gasteiger partial charge on any atom is -1.00 e. The van der Waals surface area contributed by atoms with E-state index in [0.29, 0.717) is 0 Å². The molecule has 0 radical (unpaired) electrons. The Morgan fingerprint density at radius 3 is 1.21 bits per heavy atom. The SMILES string of the molecule is CC(C)(C)[Si](C)(C)Oc1[cH-]c2ccccc2c1CCc1c(O[Si](C)(C)C(C)(C)C)[cH-]c2ccccc12.[Cl-].[Cl-].[Zr+4]. The van der Waals surface area contributed by atoms with E-state index in [1.165, 1.54) is 32.7 Å². The molecule has 2 nitrogen and oxygen atoms in total. The Bertz CT molecular complexity index is 1270. The first-order valence-corrected chi connectivity index (χ1v) is 19.1. The zero-order valence-corrected chi connectivity index (χ0v) is 31.2. The Morgan fingerprint density at radius 2 is 0.897 bits per heavy atom. The second-order valence-corrected chi connectivity index (χ2v) is 22.8. The third-order valence-electron chi connectivity index (χ3n) is 8.71. The zero-order chi connectivity index (χ0) is 26.5. The van der Waals surface area contributed by atoms with Crippen molar-refractivity contribution in [2.75, 3.05) is 0 Å². The molecule has 4 aromatic carbocycles. The summed E-state index contributed by atoms with van der Waals surface area (Å²) in [6.45, 7) is 23.2. The third kappa shape index (κ3) is 7.52. The van der Waals surface area contributed by atoms with Crippen LogP contribution in [0, 0.1) is 0 Å². The molecule has 210 valence electrons. The van der Waals surface area contributed by atoms with Gasteiger partial charge in [-0.3, -0.25) is 0 Å². The fourth-order valence-electron chi connectivity index (χ4n) is 4.32. The first-order valence-electron chi connectivity index (χ1n) is 13.3. The number of benzene rings is 2. The molecule has 7 heteroatoms. The van der Waals surface area contributed by atoms with E-state index in [4.69, 9.17) is 8.85 Å². The molecule has 4 aromatic rings. The molecule has 0 saturated carbocycles. The van der Waals surface area contributed by atoms with Crippen LogP contribution >= 0.6 is 0 Å². The van der Waals surface area contributed by atoms with Gasteiger partial charge in [0.2, 0.25) is 16.6 Å². The second kappa shape index (κ2) is 13.0. The fourth-order valence-corrected chi connectivity index (χ4v) is 6.40. The largest absolute Gasteiger partial charge is 4.00 e. The Labute approximate surface area is 270 Å². The van der Waals surface area contributed by atoms with Crippen LogP contribution in [-0.2, 0) is 39.0 Å². The van der Waals surface area contributed by atoms with E-state index < -0.39 is 16.6 Å². The Kier molecular flexibility index (Phi) is 12.0. The van der Waals surface area contributed by atoms with Gasteiger partial charge < -0.3 is 33.7 Å². The van der Waals surface area contributed by atoms with E-state index in [1.807, 2.05) is 0 Å². The van der Waals surface area contributed by atoms with Gasteiger partial charge in [0, 0.05) is 11.5 Å². The van der Waals surface area contributed by atoms with Crippen LogP contribution < -0.4 is 33.7 Å². The summed E-state index contributed by atoms with van der Waals surface area (Å²) in [5.41, 5.74) is 2.66. The molecule has 0 N–H and O–H groups in total. The molecule has 0 bridgehead atoms. The van der Waals surface area contributed by atoms with Gasteiger partial charge in [0.1, 0.15) is 0 Å². The van der Waals surface area contributed by atoms with E-state index in [-0.39, 0.29) is 61.1 Å². The minimum atomic E-state index is -1.96. The molecule has 0 aliphatic carbocycles. The van der Waals surface area contributed by atoms with Crippen LogP contribution in [0.4, 0.5) is 0 Å². The van der Waals surface area contributed by atoms with E-state index in [0.717, 1.165) is 24.3 Å². The van der Waals surface area contributed by atoms with Gasteiger partial charge in [-0.1, -0.05) is 66.5 Å². The summed E-state index contributed by atoms with van der Waals surface area (Å²) in [5.74, 6) is 2.15. The van der Waals surface area contributed by atoms with Gasteiger partial charge in [-0.25, -0.2) is 0 Å². The average Bonchev–Trinajstić information content (AvgIpc) is 3.27. The van der Waals surface area contributed by atoms with Crippen molar-refractivity contribution in [3.63, 3.8) is 0 Å². The molecule has 0 fully saturated rings. The van der Waals surface area contributed by atoms with Crippen molar-refractivity contribution in [2.45, 2.75) is 90.6 Å². The molecule has 0 heterocycles. The van der Waals surface area contributed by atoms with Crippen molar-refractivity contribution < 1.29 is 59.9 Å². The van der Waals surface area contributed by atoms with E-state index >= 15 is 0 Å². The fraction of sp³-hybridized carbons (Fsp3) is 0.438. The summed E-state index contributed by atoms with van der Waals surface area (Å²) >= 11 is 0. The van der Waals surface area contributed by atoms with Gasteiger partial charge in [-0.2, -0.15) is 0 Å². The molecule has 39 heavy (non-hydrogen) atoms. The van der Waals surface area contributed by atoms with Gasteiger partial charge in [-0.15, -0.1) is 81.2 Å². The summed E-state index contributed by atoms with van der Waals surface area (Å²) in [6.07, 6.45) is 1.86. The van der Waals surface area contributed by atoms with Gasteiger partial charge >= 0.3 is 26.2 Å². The molecule has 0 atom stereocenters. The molecule has 0 unspecified atom stereocenters. The molecule has 0 aliphatic heterocycles. The van der Waals surface area contributed by atoms with Gasteiger partial charge in [0.15, 0.2) is 0 Å². The van der Waals surface area contributed by atoms with Crippen LogP contribution in [0.1, 0.15) is 52.7 Å². The number of hydrogen-bond donors (Lipinski definition) is 0. The number of fused-ring (bicyclic) bond motifs is 2. The Hall–Kier alpha value is -0.843. The predicted molar refractivity (Wildman–Crippen MR) is 162 cm³/mol. The molecular weight excluding hydrogens is 635 g/mol. The molecule has 0 aromatic heterocycles. The Morgan fingerprint density at radius 1 is 0.590 bits per heavy atom. The van der Waals surface area contributed by atoms with Gasteiger partial charge in [0.25, 0.3) is 0 Å². The van der Waals surface area contributed by atoms with E-state index in [9.17, 15) is 0 Å². The van der Waals surface area contributed by atoms with Crippen molar-refractivity contribution in [1.29, 1.82) is 0 Å². The maximum absolute atomic E-state index is 6.91. The van der Waals surface area contributed by atoms with E-state index in [2.05, 4.69) is 128 Å². The first-order chi connectivity index (χ1) is 16.6.